The molecule has 1 N–H and O–H groups in total. The van der Waals surface area contributed by atoms with Gasteiger partial charge >= 0.3 is 5.97 Å². The molecular weight excluding hydrogens is 278 g/mol. The summed E-state index contributed by atoms with van der Waals surface area (Å²) in [6, 6.07) is 6.07. The van der Waals surface area contributed by atoms with Crippen LogP contribution in [0.25, 0.3) is 0 Å². The Bertz CT molecular complexity index is 567. The number of hydrogen-bond donors (Lipinski definition) is 1. The van der Waals surface area contributed by atoms with Crippen LogP contribution in [-0.2, 0) is 16.0 Å². The highest BCUT2D eigenvalue weighted by molar-refractivity contribution is 5.79. The van der Waals surface area contributed by atoms with Gasteiger partial charge < -0.3 is 10.0 Å². The molecule has 1 saturated heterocycles. The van der Waals surface area contributed by atoms with Gasteiger partial charge in [0.05, 0.1) is 5.92 Å². The second kappa shape index (κ2) is 6.95. The van der Waals surface area contributed by atoms with Gasteiger partial charge in [-0.1, -0.05) is 23.8 Å². The molecule has 22 heavy (non-hydrogen) atoms. The SMILES string of the molecule is Cc1ccc(CCC(=O)N2CCC[C@@H](C(=O)O)[C@H]2C)c(C)c1. The molecule has 0 saturated carbocycles. The van der Waals surface area contributed by atoms with Crippen LogP contribution in [0.4, 0.5) is 0 Å². The third kappa shape index (κ3) is 3.67. The summed E-state index contributed by atoms with van der Waals surface area (Å²) in [5.41, 5.74) is 3.63. The van der Waals surface area contributed by atoms with E-state index in [2.05, 4.69) is 32.0 Å². The first-order valence-electron chi connectivity index (χ1n) is 7.98. The van der Waals surface area contributed by atoms with Crippen LogP contribution in [0.5, 0.6) is 0 Å². The minimum Gasteiger partial charge on any atom is -0.481 e. The number of hydrogen-bond acceptors (Lipinski definition) is 2. The lowest BCUT2D eigenvalue weighted by molar-refractivity contribution is -0.149. The van der Waals surface area contributed by atoms with Crippen LogP contribution in [0.2, 0.25) is 0 Å². The molecule has 4 nitrogen and oxygen atoms in total. The lowest BCUT2D eigenvalue weighted by Crippen LogP contribution is -2.49. The Hall–Kier alpha value is -1.84. The van der Waals surface area contributed by atoms with E-state index in [0.717, 1.165) is 6.42 Å². The zero-order valence-electron chi connectivity index (χ0n) is 13.6. The number of amides is 1. The average molecular weight is 303 g/mol. The Morgan fingerprint density at radius 1 is 1.32 bits per heavy atom. The van der Waals surface area contributed by atoms with Gasteiger partial charge in [-0.2, -0.15) is 0 Å². The Morgan fingerprint density at radius 3 is 2.68 bits per heavy atom. The van der Waals surface area contributed by atoms with E-state index < -0.39 is 11.9 Å². The molecule has 0 radical (unpaired) electrons. The van der Waals surface area contributed by atoms with Crippen LogP contribution in [0.3, 0.4) is 0 Å². The summed E-state index contributed by atoms with van der Waals surface area (Å²) in [6.07, 6.45) is 2.60. The molecule has 1 fully saturated rings. The predicted molar refractivity (Wildman–Crippen MR) is 85.8 cm³/mol. The lowest BCUT2D eigenvalue weighted by atomic mass is 9.90. The highest BCUT2D eigenvalue weighted by Gasteiger charge is 2.34. The number of aryl methyl sites for hydroxylation is 3. The topological polar surface area (TPSA) is 57.6 Å². The summed E-state index contributed by atoms with van der Waals surface area (Å²) in [5, 5.41) is 9.24. The maximum absolute atomic E-state index is 12.5. The van der Waals surface area contributed by atoms with Crippen molar-refractivity contribution in [2.75, 3.05) is 6.54 Å². The molecule has 1 aromatic rings. The van der Waals surface area contributed by atoms with Crippen molar-refractivity contribution in [3.8, 4) is 0 Å². The first-order chi connectivity index (χ1) is 10.4. The van der Waals surface area contributed by atoms with Crippen LogP contribution in [0.1, 0.15) is 42.9 Å². The molecule has 1 aliphatic heterocycles. The zero-order chi connectivity index (χ0) is 16.3. The van der Waals surface area contributed by atoms with Gasteiger partial charge in [0, 0.05) is 19.0 Å². The Balaban J connectivity index is 1.98. The van der Waals surface area contributed by atoms with E-state index in [9.17, 15) is 14.7 Å². The van der Waals surface area contributed by atoms with Crippen LogP contribution in [0.15, 0.2) is 18.2 Å². The van der Waals surface area contributed by atoms with Crippen LogP contribution >= 0.6 is 0 Å². The molecule has 0 aromatic heterocycles. The quantitative estimate of drug-likeness (QED) is 0.930. The maximum atomic E-state index is 12.5. The van der Waals surface area contributed by atoms with Crippen molar-refractivity contribution in [1.29, 1.82) is 0 Å². The highest BCUT2D eigenvalue weighted by Crippen LogP contribution is 2.25. The summed E-state index contributed by atoms with van der Waals surface area (Å²) >= 11 is 0. The third-order valence-electron chi connectivity index (χ3n) is 4.73. The number of piperidine rings is 1. The third-order valence-corrected chi connectivity index (χ3v) is 4.73. The largest absolute Gasteiger partial charge is 0.481 e. The van der Waals surface area contributed by atoms with Gasteiger partial charge in [-0.3, -0.25) is 9.59 Å². The van der Waals surface area contributed by atoms with E-state index in [1.807, 2.05) is 6.92 Å². The Labute approximate surface area is 132 Å². The predicted octanol–water partition coefficient (Wildman–Crippen LogP) is 2.95. The smallest absolute Gasteiger partial charge is 0.308 e. The molecule has 120 valence electrons. The Kier molecular flexibility index (Phi) is 5.22. The zero-order valence-corrected chi connectivity index (χ0v) is 13.6. The van der Waals surface area contributed by atoms with E-state index in [-0.39, 0.29) is 11.9 Å². The maximum Gasteiger partial charge on any atom is 0.308 e. The summed E-state index contributed by atoms with van der Waals surface area (Å²) in [4.78, 5) is 25.5. The van der Waals surface area contributed by atoms with Gasteiger partial charge in [0.15, 0.2) is 0 Å². The fourth-order valence-electron chi connectivity index (χ4n) is 3.34. The fraction of sp³-hybridized carbons (Fsp3) is 0.556. The molecule has 0 spiro atoms. The standard InChI is InChI=1S/C18H25NO3/c1-12-6-7-15(13(2)11-12)8-9-17(20)19-10-4-5-16(14(19)3)18(21)22/h6-7,11,14,16H,4-5,8-10H2,1-3H3,(H,21,22)/t14-,16-/m1/s1. The summed E-state index contributed by atoms with van der Waals surface area (Å²) in [6.45, 7) is 6.66. The van der Waals surface area contributed by atoms with Gasteiger partial charge in [-0.05, 0) is 51.2 Å². The average Bonchev–Trinajstić information content (AvgIpc) is 2.46. The van der Waals surface area contributed by atoms with Crippen molar-refractivity contribution < 1.29 is 14.7 Å². The summed E-state index contributed by atoms with van der Waals surface area (Å²) in [5.74, 6) is -1.16. The minimum atomic E-state index is -0.792. The number of carbonyl (C=O) groups excluding carboxylic acids is 1. The van der Waals surface area contributed by atoms with Gasteiger partial charge in [0.25, 0.3) is 0 Å². The molecule has 1 heterocycles. The lowest BCUT2D eigenvalue weighted by Gasteiger charge is -2.37. The number of aliphatic carboxylic acids is 1. The van der Waals surface area contributed by atoms with Gasteiger partial charge in [0.2, 0.25) is 5.91 Å². The molecule has 1 aromatic carbocycles. The van der Waals surface area contributed by atoms with Gasteiger partial charge in [0.1, 0.15) is 0 Å². The molecular formula is C18H25NO3. The van der Waals surface area contributed by atoms with E-state index in [1.54, 1.807) is 4.90 Å². The van der Waals surface area contributed by atoms with E-state index in [0.29, 0.717) is 25.8 Å². The summed E-state index contributed by atoms with van der Waals surface area (Å²) < 4.78 is 0. The highest BCUT2D eigenvalue weighted by atomic mass is 16.4. The van der Waals surface area contributed by atoms with Gasteiger partial charge in [-0.15, -0.1) is 0 Å². The molecule has 2 atom stereocenters. The van der Waals surface area contributed by atoms with Crippen molar-refractivity contribution >= 4 is 11.9 Å². The molecule has 0 unspecified atom stereocenters. The first-order valence-corrected chi connectivity index (χ1v) is 7.98. The number of rotatable bonds is 4. The molecule has 1 amide bonds. The van der Waals surface area contributed by atoms with Crippen molar-refractivity contribution in [3.63, 3.8) is 0 Å². The van der Waals surface area contributed by atoms with Crippen molar-refractivity contribution in [2.24, 2.45) is 5.92 Å². The number of carboxylic acids is 1. The molecule has 0 bridgehead atoms. The second-order valence-electron chi connectivity index (χ2n) is 6.34. The summed E-state index contributed by atoms with van der Waals surface area (Å²) in [7, 11) is 0. The van der Waals surface area contributed by atoms with Crippen LogP contribution in [0, 0.1) is 19.8 Å². The van der Waals surface area contributed by atoms with Crippen LogP contribution in [-0.4, -0.2) is 34.5 Å². The monoisotopic (exact) mass is 303 g/mol. The van der Waals surface area contributed by atoms with Crippen molar-refractivity contribution in [3.05, 3.63) is 34.9 Å². The number of likely N-dealkylation sites (tertiary alicyclic amines) is 1. The first kappa shape index (κ1) is 16.5. The van der Waals surface area contributed by atoms with E-state index >= 15 is 0 Å². The number of carboxylic acid groups (broad SMARTS) is 1. The molecule has 1 aliphatic rings. The number of benzene rings is 1. The molecule has 2 rings (SSSR count). The van der Waals surface area contributed by atoms with Crippen molar-refractivity contribution in [2.45, 2.75) is 52.5 Å². The van der Waals surface area contributed by atoms with Crippen molar-refractivity contribution in [1.82, 2.24) is 4.90 Å². The number of carbonyl (C=O) groups is 2. The molecule has 0 aliphatic carbocycles. The minimum absolute atomic E-state index is 0.0680. The van der Waals surface area contributed by atoms with E-state index in [4.69, 9.17) is 0 Å². The second-order valence-corrected chi connectivity index (χ2v) is 6.34. The Morgan fingerprint density at radius 2 is 2.05 bits per heavy atom. The van der Waals surface area contributed by atoms with E-state index in [1.165, 1.54) is 16.7 Å². The van der Waals surface area contributed by atoms with Crippen LogP contribution < -0.4 is 0 Å². The van der Waals surface area contributed by atoms with Gasteiger partial charge in [-0.25, -0.2) is 0 Å². The fourth-order valence-corrected chi connectivity index (χ4v) is 3.34. The normalized spacial score (nSPS) is 21.7. The number of nitrogens with zero attached hydrogens (tertiary/aromatic N) is 1. The molecule has 4 heteroatoms.